The quantitative estimate of drug-likeness (QED) is 0.928. The second-order valence-corrected chi connectivity index (χ2v) is 4.24. The molecule has 0 heterocycles. The van der Waals surface area contributed by atoms with Crippen LogP contribution in [-0.4, -0.2) is 23.5 Å². The number of anilines is 1. The summed E-state index contributed by atoms with van der Waals surface area (Å²) < 4.78 is 0. The van der Waals surface area contributed by atoms with Crippen LogP contribution in [0.3, 0.4) is 0 Å². The van der Waals surface area contributed by atoms with Gasteiger partial charge in [-0.05, 0) is 31.2 Å². The van der Waals surface area contributed by atoms with Crippen molar-refractivity contribution in [2.24, 2.45) is 0 Å². The van der Waals surface area contributed by atoms with Crippen LogP contribution < -0.4 is 4.90 Å². The third kappa shape index (κ3) is 2.69. The Kier molecular flexibility index (Phi) is 4.15. The van der Waals surface area contributed by atoms with Crippen LogP contribution >= 0.6 is 0 Å². The van der Waals surface area contributed by atoms with Crippen LogP contribution in [0, 0.1) is 0 Å². The second kappa shape index (κ2) is 6.02. The third-order valence-electron chi connectivity index (χ3n) is 3.01. The van der Waals surface area contributed by atoms with E-state index in [4.69, 9.17) is 0 Å². The molecule has 0 aliphatic carbocycles. The molecule has 2 aromatic carbocycles. The predicted octanol–water partition coefficient (Wildman–Crippen LogP) is 3.05. The number of amides is 1. The van der Waals surface area contributed by atoms with Crippen LogP contribution in [0.4, 0.5) is 5.69 Å². The van der Waals surface area contributed by atoms with Crippen molar-refractivity contribution < 1.29 is 14.7 Å². The lowest BCUT2D eigenvalue weighted by Gasteiger charge is -2.22. The molecule has 102 valence electrons. The fourth-order valence-corrected chi connectivity index (χ4v) is 2.05. The zero-order chi connectivity index (χ0) is 14.5. The minimum atomic E-state index is -1.04. The van der Waals surface area contributed by atoms with Crippen LogP contribution in [-0.2, 0) is 0 Å². The van der Waals surface area contributed by atoms with Crippen molar-refractivity contribution in [3.63, 3.8) is 0 Å². The largest absolute Gasteiger partial charge is 0.478 e. The lowest BCUT2D eigenvalue weighted by molar-refractivity contribution is 0.0697. The first-order valence-electron chi connectivity index (χ1n) is 6.34. The van der Waals surface area contributed by atoms with Gasteiger partial charge in [-0.1, -0.05) is 30.3 Å². The molecule has 4 heteroatoms. The predicted molar refractivity (Wildman–Crippen MR) is 77.2 cm³/mol. The highest BCUT2D eigenvalue weighted by molar-refractivity contribution is 6.09. The number of carbonyl (C=O) groups is 2. The number of hydrogen-bond acceptors (Lipinski definition) is 2. The maximum Gasteiger partial charge on any atom is 0.337 e. The summed E-state index contributed by atoms with van der Waals surface area (Å²) in [5.41, 5.74) is 1.07. The standard InChI is InChI=1S/C16H15NO3/c1-2-17(15(18)12-8-4-3-5-9-12)14-11-7-6-10-13(14)16(19)20/h3-11H,2H2,1H3,(H,19,20). The molecule has 0 unspecified atom stereocenters. The molecule has 0 aromatic heterocycles. The number of carbonyl (C=O) groups excluding carboxylic acids is 1. The Labute approximate surface area is 117 Å². The lowest BCUT2D eigenvalue weighted by atomic mass is 10.1. The molecule has 0 aliphatic rings. The zero-order valence-corrected chi connectivity index (χ0v) is 11.1. The Hall–Kier alpha value is -2.62. The normalized spacial score (nSPS) is 10.1. The number of carboxylic acid groups (broad SMARTS) is 1. The number of rotatable bonds is 4. The molecule has 4 nitrogen and oxygen atoms in total. The van der Waals surface area contributed by atoms with Crippen molar-refractivity contribution >= 4 is 17.6 Å². The number of benzene rings is 2. The van der Waals surface area contributed by atoms with Crippen LogP contribution in [0.2, 0.25) is 0 Å². The van der Waals surface area contributed by atoms with Crippen molar-refractivity contribution in [2.75, 3.05) is 11.4 Å². The first-order valence-corrected chi connectivity index (χ1v) is 6.34. The Morgan fingerprint density at radius 1 is 1.00 bits per heavy atom. The van der Waals surface area contributed by atoms with Gasteiger partial charge in [-0.15, -0.1) is 0 Å². The van der Waals surface area contributed by atoms with E-state index in [1.807, 2.05) is 13.0 Å². The molecule has 0 radical (unpaired) electrons. The SMILES string of the molecule is CCN(C(=O)c1ccccc1)c1ccccc1C(=O)O. The maximum absolute atomic E-state index is 12.5. The minimum Gasteiger partial charge on any atom is -0.478 e. The smallest absolute Gasteiger partial charge is 0.337 e. The molecule has 1 N–H and O–H groups in total. The monoisotopic (exact) mass is 269 g/mol. The lowest BCUT2D eigenvalue weighted by Crippen LogP contribution is -2.31. The minimum absolute atomic E-state index is 0.124. The summed E-state index contributed by atoms with van der Waals surface area (Å²) >= 11 is 0. The maximum atomic E-state index is 12.5. The number of nitrogens with zero attached hydrogens (tertiary/aromatic N) is 1. The summed E-state index contributed by atoms with van der Waals surface area (Å²) in [6.07, 6.45) is 0. The zero-order valence-electron chi connectivity index (χ0n) is 11.1. The summed E-state index contributed by atoms with van der Waals surface area (Å²) in [4.78, 5) is 25.2. The van der Waals surface area contributed by atoms with Crippen molar-refractivity contribution in [1.82, 2.24) is 0 Å². The third-order valence-corrected chi connectivity index (χ3v) is 3.01. The van der Waals surface area contributed by atoms with Crippen molar-refractivity contribution in [3.05, 3.63) is 65.7 Å². The topological polar surface area (TPSA) is 57.6 Å². The molecular weight excluding hydrogens is 254 g/mol. The molecule has 0 bridgehead atoms. The summed E-state index contributed by atoms with van der Waals surface area (Å²) in [7, 11) is 0. The Bertz CT molecular complexity index is 623. The van der Waals surface area contributed by atoms with Gasteiger partial charge in [0.15, 0.2) is 0 Å². The Balaban J connectivity index is 2.43. The number of hydrogen-bond donors (Lipinski definition) is 1. The highest BCUT2D eigenvalue weighted by atomic mass is 16.4. The number of aromatic carboxylic acids is 1. The van der Waals surface area contributed by atoms with Gasteiger partial charge in [0.2, 0.25) is 0 Å². The average Bonchev–Trinajstić information content (AvgIpc) is 2.49. The van der Waals surface area contributed by atoms with Crippen molar-refractivity contribution in [3.8, 4) is 0 Å². The molecular formula is C16H15NO3. The van der Waals surface area contributed by atoms with E-state index in [0.29, 0.717) is 17.8 Å². The van der Waals surface area contributed by atoms with Crippen LogP contribution in [0.15, 0.2) is 54.6 Å². The molecule has 1 amide bonds. The summed E-state index contributed by atoms with van der Waals surface area (Å²) in [5, 5.41) is 9.22. The highest BCUT2D eigenvalue weighted by Gasteiger charge is 2.20. The van der Waals surface area contributed by atoms with E-state index in [1.54, 1.807) is 42.5 Å². The van der Waals surface area contributed by atoms with E-state index in [0.717, 1.165) is 0 Å². The molecule has 0 saturated heterocycles. The highest BCUT2D eigenvalue weighted by Crippen LogP contribution is 2.22. The van der Waals surface area contributed by atoms with E-state index in [1.165, 1.54) is 11.0 Å². The van der Waals surface area contributed by atoms with Crippen LogP contribution in [0.1, 0.15) is 27.6 Å². The summed E-state index contributed by atoms with van der Waals surface area (Å²) in [6.45, 7) is 2.22. The molecule has 2 aromatic rings. The van der Waals surface area contributed by atoms with E-state index in [9.17, 15) is 14.7 Å². The Morgan fingerprint density at radius 2 is 1.60 bits per heavy atom. The van der Waals surface area contributed by atoms with Crippen LogP contribution in [0.25, 0.3) is 0 Å². The van der Waals surface area contributed by atoms with Gasteiger partial charge in [0.1, 0.15) is 0 Å². The first-order chi connectivity index (χ1) is 9.65. The Morgan fingerprint density at radius 3 is 2.20 bits per heavy atom. The van der Waals surface area contributed by atoms with Crippen molar-refractivity contribution in [2.45, 2.75) is 6.92 Å². The van der Waals surface area contributed by atoms with Gasteiger partial charge < -0.3 is 10.0 Å². The van der Waals surface area contributed by atoms with Gasteiger partial charge in [-0.25, -0.2) is 4.79 Å². The molecule has 0 atom stereocenters. The van der Waals surface area contributed by atoms with Gasteiger partial charge in [0, 0.05) is 12.1 Å². The number of carboxylic acids is 1. The van der Waals surface area contributed by atoms with E-state index in [2.05, 4.69) is 0 Å². The molecule has 0 saturated carbocycles. The van der Waals surface area contributed by atoms with Gasteiger partial charge in [-0.2, -0.15) is 0 Å². The van der Waals surface area contributed by atoms with E-state index in [-0.39, 0.29) is 11.5 Å². The first kappa shape index (κ1) is 13.8. The van der Waals surface area contributed by atoms with Gasteiger partial charge >= 0.3 is 5.97 Å². The van der Waals surface area contributed by atoms with E-state index >= 15 is 0 Å². The molecule has 0 spiro atoms. The molecule has 0 fully saturated rings. The fourth-order valence-electron chi connectivity index (χ4n) is 2.05. The molecule has 2 rings (SSSR count). The summed E-state index contributed by atoms with van der Waals surface area (Å²) in [6, 6.07) is 15.3. The van der Waals surface area contributed by atoms with Gasteiger partial charge in [0.05, 0.1) is 11.3 Å². The van der Waals surface area contributed by atoms with Crippen molar-refractivity contribution in [1.29, 1.82) is 0 Å². The fraction of sp³-hybridized carbons (Fsp3) is 0.125. The second-order valence-electron chi connectivity index (χ2n) is 4.24. The summed E-state index contributed by atoms with van der Waals surface area (Å²) in [5.74, 6) is -1.25. The van der Waals surface area contributed by atoms with E-state index < -0.39 is 5.97 Å². The molecule has 0 aliphatic heterocycles. The average molecular weight is 269 g/mol. The molecule has 20 heavy (non-hydrogen) atoms. The van der Waals surface area contributed by atoms with Crippen LogP contribution in [0.5, 0.6) is 0 Å². The number of para-hydroxylation sites is 1. The van der Waals surface area contributed by atoms with Gasteiger partial charge in [0.25, 0.3) is 5.91 Å². The van der Waals surface area contributed by atoms with Gasteiger partial charge in [-0.3, -0.25) is 4.79 Å².